The van der Waals surface area contributed by atoms with E-state index >= 15 is 0 Å². The summed E-state index contributed by atoms with van der Waals surface area (Å²) in [5, 5.41) is 2.52. The van der Waals surface area contributed by atoms with Crippen LogP contribution in [0.15, 0.2) is 52.0 Å². The van der Waals surface area contributed by atoms with E-state index in [0.29, 0.717) is 5.76 Å². The highest BCUT2D eigenvalue weighted by atomic mass is 32.2. The third-order valence-electron chi connectivity index (χ3n) is 3.01. The molecule has 1 aromatic carbocycles. The summed E-state index contributed by atoms with van der Waals surface area (Å²) in [6, 6.07) is 9.00. The number of carbonyl (C=O) groups excluding carboxylic acids is 2. The number of sulfonamides is 1. The minimum atomic E-state index is -3.87. The van der Waals surface area contributed by atoms with Gasteiger partial charge in [-0.25, -0.2) is 13.1 Å². The van der Waals surface area contributed by atoms with Gasteiger partial charge in [0.2, 0.25) is 15.9 Å². The maximum atomic E-state index is 12.1. The van der Waals surface area contributed by atoms with E-state index in [9.17, 15) is 18.0 Å². The normalized spacial score (nSPS) is 11.2. The minimum Gasteiger partial charge on any atom is -0.467 e. The number of ketones is 1. The Bertz CT molecular complexity index is 797. The zero-order chi connectivity index (χ0) is 16.9. The Hall–Kier alpha value is -2.45. The van der Waals surface area contributed by atoms with Crippen molar-refractivity contribution in [2.45, 2.75) is 18.4 Å². The Kier molecular flexibility index (Phi) is 5.30. The van der Waals surface area contributed by atoms with Gasteiger partial charge in [0.15, 0.2) is 5.78 Å². The van der Waals surface area contributed by atoms with Crippen LogP contribution in [0.5, 0.6) is 0 Å². The molecule has 1 aromatic heterocycles. The molecule has 8 heteroatoms. The van der Waals surface area contributed by atoms with Gasteiger partial charge in [-0.3, -0.25) is 9.59 Å². The van der Waals surface area contributed by atoms with E-state index in [2.05, 4.69) is 10.0 Å². The van der Waals surface area contributed by atoms with Crippen molar-refractivity contribution in [3.8, 4) is 0 Å². The Morgan fingerprint density at radius 2 is 1.96 bits per heavy atom. The number of benzene rings is 1. The molecule has 0 radical (unpaired) electrons. The van der Waals surface area contributed by atoms with Crippen LogP contribution in [0.1, 0.15) is 23.0 Å². The van der Waals surface area contributed by atoms with Gasteiger partial charge in [-0.15, -0.1) is 0 Å². The standard InChI is InChI=1S/C15H16N2O5S/c1-11(18)12-4-2-6-14(8-12)23(20,21)17-10-15(19)16-9-13-5-3-7-22-13/h2-8,17H,9-10H2,1H3,(H,16,19). The lowest BCUT2D eigenvalue weighted by Crippen LogP contribution is -2.36. The van der Waals surface area contributed by atoms with Crippen LogP contribution in [0.2, 0.25) is 0 Å². The second-order valence-electron chi connectivity index (χ2n) is 4.76. The van der Waals surface area contributed by atoms with Crippen LogP contribution in [0.3, 0.4) is 0 Å². The van der Waals surface area contributed by atoms with Crippen LogP contribution in [-0.2, 0) is 21.4 Å². The second-order valence-corrected chi connectivity index (χ2v) is 6.53. The topological polar surface area (TPSA) is 105 Å². The van der Waals surface area contributed by atoms with Crippen molar-refractivity contribution in [2.24, 2.45) is 0 Å². The van der Waals surface area contributed by atoms with Gasteiger partial charge in [-0.2, -0.15) is 0 Å². The highest BCUT2D eigenvalue weighted by Gasteiger charge is 2.16. The zero-order valence-electron chi connectivity index (χ0n) is 12.4. The lowest BCUT2D eigenvalue weighted by molar-refractivity contribution is -0.120. The van der Waals surface area contributed by atoms with Gasteiger partial charge in [0, 0.05) is 5.56 Å². The summed E-state index contributed by atoms with van der Waals surface area (Å²) in [5.41, 5.74) is 0.287. The van der Waals surface area contributed by atoms with Gasteiger partial charge in [-0.1, -0.05) is 12.1 Å². The van der Waals surface area contributed by atoms with Gasteiger partial charge < -0.3 is 9.73 Å². The smallest absolute Gasteiger partial charge is 0.241 e. The molecule has 2 aromatic rings. The van der Waals surface area contributed by atoms with Crippen molar-refractivity contribution >= 4 is 21.7 Å². The average molecular weight is 336 g/mol. The molecule has 0 aliphatic heterocycles. The summed E-state index contributed by atoms with van der Waals surface area (Å²) in [4.78, 5) is 22.9. The van der Waals surface area contributed by atoms with Gasteiger partial charge in [0.1, 0.15) is 5.76 Å². The summed E-state index contributed by atoms with van der Waals surface area (Å²) in [6.45, 7) is 1.11. The number of nitrogens with one attached hydrogen (secondary N) is 2. The number of Topliss-reactive ketones (excluding diaryl/α,β-unsaturated/α-hetero) is 1. The second kappa shape index (κ2) is 7.21. The van der Waals surface area contributed by atoms with Crippen LogP contribution in [-0.4, -0.2) is 26.7 Å². The van der Waals surface area contributed by atoms with Gasteiger partial charge in [-0.05, 0) is 31.2 Å². The first-order chi connectivity index (χ1) is 10.9. The predicted molar refractivity (Wildman–Crippen MR) is 82.2 cm³/mol. The molecule has 0 unspecified atom stereocenters. The molecule has 7 nitrogen and oxygen atoms in total. The van der Waals surface area contributed by atoms with Crippen LogP contribution in [0, 0.1) is 0 Å². The molecule has 0 aliphatic rings. The molecule has 0 saturated heterocycles. The van der Waals surface area contributed by atoms with E-state index in [4.69, 9.17) is 4.42 Å². The highest BCUT2D eigenvalue weighted by molar-refractivity contribution is 7.89. The maximum absolute atomic E-state index is 12.1. The molecule has 0 saturated carbocycles. The van der Waals surface area contributed by atoms with Crippen molar-refractivity contribution in [2.75, 3.05) is 6.54 Å². The molecule has 0 bridgehead atoms. The number of hydrogen-bond acceptors (Lipinski definition) is 5. The first kappa shape index (κ1) is 16.9. The van der Waals surface area contributed by atoms with Crippen molar-refractivity contribution in [1.82, 2.24) is 10.0 Å². The Morgan fingerprint density at radius 3 is 2.61 bits per heavy atom. The summed E-state index contributed by atoms with van der Waals surface area (Å²) >= 11 is 0. The number of amides is 1. The average Bonchev–Trinajstić information content (AvgIpc) is 3.04. The van der Waals surface area contributed by atoms with Crippen molar-refractivity contribution in [3.63, 3.8) is 0 Å². The maximum Gasteiger partial charge on any atom is 0.241 e. The quantitative estimate of drug-likeness (QED) is 0.736. The first-order valence-electron chi connectivity index (χ1n) is 6.78. The Morgan fingerprint density at radius 1 is 1.17 bits per heavy atom. The third kappa shape index (κ3) is 4.76. The molecule has 1 amide bonds. The SMILES string of the molecule is CC(=O)c1cccc(S(=O)(=O)NCC(=O)NCc2ccco2)c1. The number of rotatable bonds is 7. The fourth-order valence-electron chi connectivity index (χ4n) is 1.79. The predicted octanol–water partition coefficient (Wildman–Crippen LogP) is 1.08. The molecule has 0 atom stereocenters. The van der Waals surface area contributed by atoms with E-state index in [-0.39, 0.29) is 22.8 Å². The molecule has 1 heterocycles. The van der Waals surface area contributed by atoms with E-state index < -0.39 is 22.5 Å². The molecule has 2 N–H and O–H groups in total. The van der Waals surface area contributed by atoms with Crippen molar-refractivity contribution in [1.29, 1.82) is 0 Å². The van der Waals surface area contributed by atoms with Crippen LogP contribution < -0.4 is 10.0 Å². The lowest BCUT2D eigenvalue weighted by Gasteiger charge is -2.08. The van der Waals surface area contributed by atoms with Gasteiger partial charge >= 0.3 is 0 Å². The summed E-state index contributed by atoms with van der Waals surface area (Å²) in [6.07, 6.45) is 1.48. The van der Waals surface area contributed by atoms with Gasteiger partial charge in [0.05, 0.1) is 24.2 Å². The highest BCUT2D eigenvalue weighted by Crippen LogP contribution is 2.11. The number of furan rings is 1. The van der Waals surface area contributed by atoms with Crippen molar-refractivity contribution < 1.29 is 22.4 Å². The lowest BCUT2D eigenvalue weighted by atomic mass is 10.2. The first-order valence-corrected chi connectivity index (χ1v) is 8.26. The van der Waals surface area contributed by atoms with E-state index in [1.54, 1.807) is 12.1 Å². The van der Waals surface area contributed by atoms with E-state index in [1.807, 2.05) is 0 Å². The molecule has 2 rings (SSSR count). The Balaban J connectivity index is 1.94. The molecule has 23 heavy (non-hydrogen) atoms. The van der Waals surface area contributed by atoms with Crippen LogP contribution in [0.25, 0.3) is 0 Å². The molecular weight excluding hydrogens is 320 g/mol. The zero-order valence-corrected chi connectivity index (χ0v) is 13.2. The molecule has 122 valence electrons. The molecule has 0 fully saturated rings. The Labute approximate surface area is 133 Å². The molecule has 0 spiro atoms. The monoisotopic (exact) mass is 336 g/mol. The number of carbonyl (C=O) groups is 2. The number of hydrogen-bond donors (Lipinski definition) is 2. The van der Waals surface area contributed by atoms with E-state index in [1.165, 1.54) is 37.5 Å². The van der Waals surface area contributed by atoms with Crippen LogP contribution >= 0.6 is 0 Å². The van der Waals surface area contributed by atoms with Crippen LogP contribution in [0.4, 0.5) is 0 Å². The van der Waals surface area contributed by atoms with E-state index in [0.717, 1.165) is 0 Å². The fourth-order valence-corrected chi connectivity index (χ4v) is 2.82. The third-order valence-corrected chi connectivity index (χ3v) is 4.41. The summed E-state index contributed by atoms with van der Waals surface area (Å²) in [5.74, 6) is -0.165. The summed E-state index contributed by atoms with van der Waals surface area (Å²) in [7, 11) is -3.87. The summed E-state index contributed by atoms with van der Waals surface area (Å²) < 4.78 is 31.5. The fraction of sp³-hybridized carbons (Fsp3) is 0.200. The van der Waals surface area contributed by atoms with Crippen molar-refractivity contribution in [3.05, 3.63) is 54.0 Å². The minimum absolute atomic E-state index is 0.0657. The largest absolute Gasteiger partial charge is 0.467 e. The van der Waals surface area contributed by atoms with Gasteiger partial charge in [0.25, 0.3) is 0 Å². The molecular formula is C15H16N2O5S. The molecule has 0 aliphatic carbocycles.